The summed E-state index contributed by atoms with van der Waals surface area (Å²) in [5.41, 5.74) is 0.464. The third-order valence-corrected chi connectivity index (χ3v) is 8.37. The average Bonchev–Trinajstić information content (AvgIpc) is 3.40. The minimum atomic E-state index is -0.682. The molecule has 0 N–H and O–H groups in total. The summed E-state index contributed by atoms with van der Waals surface area (Å²) in [5, 5.41) is 0. The molecular formula is C24H36N4O3S. The molecule has 3 aliphatic heterocycles. The second-order valence-electron chi connectivity index (χ2n) is 9.38. The van der Waals surface area contributed by atoms with Crippen LogP contribution in [-0.4, -0.2) is 109 Å². The van der Waals surface area contributed by atoms with Crippen LogP contribution < -0.4 is 4.74 Å². The maximum Gasteiger partial charge on any atom is 0.327 e. The van der Waals surface area contributed by atoms with Crippen molar-refractivity contribution in [2.75, 3.05) is 65.4 Å². The Morgan fingerprint density at radius 2 is 1.84 bits per heavy atom. The van der Waals surface area contributed by atoms with E-state index in [4.69, 9.17) is 4.74 Å². The van der Waals surface area contributed by atoms with Gasteiger partial charge < -0.3 is 14.5 Å². The first-order chi connectivity index (χ1) is 15.4. The number of urea groups is 1. The summed E-state index contributed by atoms with van der Waals surface area (Å²) in [4.78, 5) is 35.1. The lowest BCUT2D eigenvalue weighted by molar-refractivity contribution is -0.136. The molecule has 3 amide bonds. The van der Waals surface area contributed by atoms with Crippen molar-refractivity contribution in [2.24, 2.45) is 0 Å². The van der Waals surface area contributed by atoms with Gasteiger partial charge in [-0.1, -0.05) is 12.1 Å². The van der Waals surface area contributed by atoms with Gasteiger partial charge in [-0.25, -0.2) is 4.79 Å². The predicted octanol–water partition coefficient (Wildman–Crippen LogP) is 2.40. The molecule has 1 unspecified atom stereocenters. The van der Waals surface area contributed by atoms with Crippen molar-refractivity contribution in [3.63, 3.8) is 0 Å². The molecule has 1 aromatic rings. The van der Waals surface area contributed by atoms with E-state index in [1.807, 2.05) is 59.9 Å². The maximum atomic E-state index is 13.6. The van der Waals surface area contributed by atoms with Gasteiger partial charge in [0.2, 0.25) is 0 Å². The number of thioether (sulfide) groups is 1. The number of rotatable bonds is 8. The highest BCUT2D eigenvalue weighted by atomic mass is 32.2. The van der Waals surface area contributed by atoms with Crippen LogP contribution in [0, 0.1) is 0 Å². The first-order valence-corrected chi connectivity index (χ1v) is 12.8. The minimum Gasteiger partial charge on any atom is -0.497 e. The molecule has 3 heterocycles. The third-order valence-electron chi connectivity index (χ3n) is 7.22. The second-order valence-corrected chi connectivity index (χ2v) is 10.5. The molecule has 176 valence electrons. The number of imide groups is 1. The number of piperidine rings is 1. The Bertz CT molecular complexity index is 802. The Morgan fingerprint density at radius 3 is 2.44 bits per heavy atom. The molecule has 1 aromatic carbocycles. The van der Waals surface area contributed by atoms with Gasteiger partial charge in [0.25, 0.3) is 5.91 Å². The zero-order chi connectivity index (χ0) is 22.7. The van der Waals surface area contributed by atoms with Crippen molar-refractivity contribution < 1.29 is 14.3 Å². The van der Waals surface area contributed by atoms with Crippen molar-refractivity contribution in [1.29, 1.82) is 0 Å². The van der Waals surface area contributed by atoms with E-state index in [1.165, 1.54) is 22.8 Å². The summed E-state index contributed by atoms with van der Waals surface area (Å²) in [6.07, 6.45) is 3.44. The van der Waals surface area contributed by atoms with Crippen LogP contribution in [0.3, 0.4) is 0 Å². The number of hydrogen-bond acceptors (Lipinski definition) is 6. The summed E-state index contributed by atoms with van der Waals surface area (Å²) in [7, 11) is 5.60. The highest BCUT2D eigenvalue weighted by Crippen LogP contribution is 2.39. The molecule has 0 radical (unpaired) electrons. The number of hydrogen-bond donors (Lipinski definition) is 0. The predicted molar refractivity (Wildman–Crippen MR) is 128 cm³/mol. The number of amides is 3. The van der Waals surface area contributed by atoms with Gasteiger partial charge in [0.15, 0.2) is 0 Å². The van der Waals surface area contributed by atoms with Crippen LogP contribution in [0.1, 0.15) is 24.8 Å². The number of benzene rings is 1. The lowest BCUT2D eigenvalue weighted by Crippen LogP contribution is -2.58. The molecule has 8 heteroatoms. The molecule has 3 aliphatic rings. The fourth-order valence-electron chi connectivity index (χ4n) is 5.18. The van der Waals surface area contributed by atoms with E-state index >= 15 is 0 Å². The summed E-state index contributed by atoms with van der Waals surface area (Å²) in [6, 6.07) is 8.49. The van der Waals surface area contributed by atoms with Crippen molar-refractivity contribution in [2.45, 2.75) is 37.3 Å². The molecule has 4 rings (SSSR count). The second kappa shape index (κ2) is 10.0. The fourth-order valence-corrected chi connectivity index (χ4v) is 6.43. The number of methoxy groups -OCH3 is 1. The topological polar surface area (TPSA) is 56.3 Å². The van der Waals surface area contributed by atoms with Gasteiger partial charge in [0.05, 0.1) is 7.11 Å². The van der Waals surface area contributed by atoms with Crippen LogP contribution in [0.4, 0.5) is 4.79 Å². The van der Waals surface area contributed by atoms with Crippen LogP contribution in [0.5, 0.6) is 5.75 Å². The number of carbonyl (C=O) groups is 2. The zero-order valence-corrected chi connectivity index (χ0v) is 20.4. The number of nitrogens with zero attached hydrogens (tertiary/aromatic N) is 4. The van der Waals surface area contributed by atoms with Crippen molar-refractivity contribution >= 4 is 23.7 Å². The fraction of sp³-hybridized carbons (Fsp3) is 0.667. The van der Waals surface area contributed by atoms with Crippen LogP contribution in [0.15, 0.2) is 24.3 Å². The summed E-state index contributed by atoms with van der Waals surface area (Å²) in [5.74, 6) is 3.26. The van der Waals surface area contributed by atoms with E-state index in [-0.39, 0.29) is 11.9 Å². The summed E-state index contributed by atoms with van der Waals surface area (Å²) >= 11 is 2.02. The Labute approximate surface area is 196 Å². The van der Waals surface area contributed by atoms with Gasteiger partial charge in [-0.3, -0.25) is 14.6 Å². The third kappa shape index (κ3) is 4.63. The highest BCUT2D eigenvalue weighted by molar-refractivity contribution is 7.99. The van der Waals surface area contributed by atoms with Gasteiger partial charge in [0, 0.05) is 44.5 Å². The molecule has 1 atom stereocenters. The Hall–Kier alpha value is -1.77. The normalized spacial score (nSPS) is 23.7. The van der Waals surface area contributed by atoms with E-state index in [9.17, 15) is 9.59 Å². The number of likely N-dealkylation sites (N-methyl/N-ethyl adjacent to an activating group) is 1. The number of likely N-dealkylation sites (tertiary alicyclic amines) is 1. The molecule has 0 bridgehead atoms. The van der Waals surface area contributed by atoms with Crippen LogP contribution in [-0.2, 0) is 11.2 Å². The lowest BCUT2D eigenvalue weighted by atomic mass is 9.85. The lowest BCUT2D eigenvalue weighted by Gasteiger charge is -2.44. The largest absolute Gasteiger partial charge is 0.497 e. The summed E-state index contributed by atoms with van der Waals surface area (Å²) in [6.45, 7) is 3.49. The Kier molecular flexibility index (Phi) is 7.32. The standard InChI is InChI=1S/C24H36N4O3S/c1-25(2)15-16-27-22(29)24(10-13-26(14-11-24)20-9-17-32-18-20)28(23(27)30)12-8-19-4-6-21(31-3)7-5-19/h4-7,20H,8-18H2,1-3H3. The smallest absolute Gasteiger partial charge is 0.327 e. The summed E-state index contributed by atoms with van der Waals surface area (Å²) < 4.78 is 5.25. The van der Waals surface area contributed by atoms with E-state index in [0.29, 0.717) is 25.7 Å². The van der Waals surface area contributed by atoms with E-state index < -0.39 is 5.54 Å². The minimum absolute atomic E-state index is 0.0135. The van der Waals surface area contributed by atoms with Gasteiger partial charge in [-0.15, -0.1) is 0 Å². The molecule has 7 nitrogen and oxygen atoms in total. The van der Waals surface area contributed by atoms with Crippen LogP contribution >= 0.6 is 11.8 Å². The molecular weight excluding hydrogens is 424 g/mol. The van der Waals surface area contributed by atoms with Gasteiger partial charge in [-0.05, 0) is 63.2 Å². The van der Waals surface area contributed by atoms with Crippen LogP contribution in [0.25, 0.3) is 0 Å². The van der Waals surface area contributed by atoms with Crippen molar-refractivity contribution in [3.05, 3.63) is 29.8 Å². The monoisotopic (exact) mass is 460 g/mol. The molecule has 1 spiro atoms. The molecule has 32 heavy (non-hydrogen) atoms. The molecule has 0 saturated carbocycles. The molecule has 0 aromatic heterocycles. The Balaban J connectivity index is 1.50. The van der Waals surface area contributed by atoms with E-state index in [2.05, 4.69) is 4.90 Å². The first kappa shape index (κ1) is 23.4. The Morgan fingerprint density at radius 1 is 1.12 bits per heavy atom. The molecule has 3 fully saturated rings. The van der Waals surface area contributed by atoms with E-state index in [0.717, 1.165) is 43.7 Å². The van der Waals surface area contributed by atoms with E-state index in [1.54, 1.807) is 7.11 Å². The van der Waals surface area contributed by atoms with Gasteiger partial charge in [0.1, 0.15) is 11.3 Å². The average molecular weight is 461 g/mol. The van der Waals surface area contributed by atoms with Crippen molar-refractivity contribution in [1.82, 2.24) is 19.6 Å². The quantitative estimate of drug-likeness (QED) is 0.556. The van der Waals surface area contributed by atoms with Gasteiger partial charge >= 0.3 is 6.03 Å². The molecule has 3 saturated heterocycles. The van der Waals surface area contributed by atoms with Gasteiger partial charge in [-0.2, -0.15) is 11.8 Å². The maximum absolute atomic E-state index is 13.6. The molecule has 0 aliphatic carbocycles. The van der Waals surface area contributed by atoms with Crippen molar-refractivity contribution in [3.8, 4) is 5.75 Å². The number of ether oxygens (including phenoxy) is 1. The van der Waals surface area contributed by atoms with Crippen LogP contribution in [0.2, 0.25) is 0 Å². The zero-order valence-electron chi connectivity index (χ0n) is 19.6. The highest BCUT2D eigenvalue weighted by Gasteiger charge is 2.57. The number of carbonyl (C=O) groups excluding carboxylic acids is 2. The first-order valence-electron chi connectivity index (χ1n) is 11.7. The SMILES string of the molecule is COc1ccc(CCN2C(=O)N(CCN(C)C)C(=O)C23CCN(C2CCSC2)CC3)cc1.